The SMILES string of the molecule is CC(CC(=O)NC1(C#N)CCCCC1)C(C)(C)C. The number of carbonyl (C=O) groups is 1. The summed E-state index contributed by atoms with van der Waals surface area (Å²) in [6, 6.07) is 2.33. The Morgan fingerprint density at radius 2 is 1.89 bits per heavy atom. The van der Waals surface area contributed by atoms with Gasteiger partial charge in [0.05, 0.1) is 6.07 Å². The van der Waals surface area contributed by atoms with Gasteiger partial charge < -0.3 is 5.32 Å². The van der Waals surface area contributed by atoms with Gasteiger partial charge in [-0.05, 0) is 24.2 Å². The third-order valence-electron chi connectivity index (χ3n) is 4.27. The van der Waals surface area contributed by atoms with Crippen LogP contribution in [0.1, 0.15) is 66.2 Å². The first kappa shape index (κ1) is 15.0. The molecule has 3 nitrogen and oxygen atoms in total. The van der Waals surface area contributed by atoms with Crippen LogP contribution in [0.5, 0.6) is 0 Å². The maximum Gasteiger partial charge on any atom is 0.221 e. The van der Waals surface area contributed by atoms with Crippen molar-refractivity contribution in [3.8, 4) is 6.07 Å². The summed E-state index contributed by atoms with van der Waals surface area (Å²) < 4.78 is 0. The summed E-state index contributed by atoms with van der Waals surface area (Å²) in [7, 11) is 0. The average molecular weight is 250 g/mol. The van der Waals surface area contributed by atoms with Crippen molar-refractivity contribution in [3.05, 3.63) is 0 Å². The number of hydrogen-bond acceptors (Lipinski definition) is 2. The molecule has 1 rings (SSSR count). The predicted octanol–water partition coefficient (Wildman–Crippen LogP) is 3.40. The van der Waals surface area contributed by atoms with Gasteiger partial charge in [0.25, 0.3) is 0 Å². The second-order valence-corrected chi connectivity index (χ2v) is 6.77. The molecule has 0 radical (unpaired) electrons. The molecule has 1 aliphatic rings. The van der Waals surface area contributed by atoms with Gasteiger partial charge in [-0.2, -0.15) is 5.26 Å². The third-order valence-corrected chi connectivity index (χ3v) is 4.27. The molecule has 3 heteroatoms. The molecule has 0 bridgehead atoms. The lowest BCUT2D eigenvalue weighted by molar-refractivity contribution is -0.124. The zero-order chi connectivity index (χ0) is 13.8. The van der Waals surface area contributed by atoms with Crippen LogP contribution in [0.4, 0.5) is 0 Å². The number of nitrogens with zero attached hydrogens (tertiary/aromatic N) is 1. The zero-order valence-corrected chi connectivity index (χ0v) is 12.2. The molecule has 0 saturated heterocycles. The van der Waals surface area contributed by atoms with E-state index in [-0.39, 0.29) is 11.3 Å². The van der Waals surface area contributed by atoms with Crippen LogP contribution in [-0.2, 0) is 4.79 Å². The minimum absolute atomic E-state index is 0.0286. The van der Waals surface area contributed by atoms with Crippen LogP contribution in [-0.4, -0.2) is 11.4 Å². The molecule has 0 spiro atoms. The molecule has 1 fully saturated rings. The third kappa shape index (κ3) is 4.01. The van der Waals surface area contributed by atoms with E-state index < -0.39 is 5.54 Å². The van der Waals surface area contributed by atoms with Crippen LogP contribution < -0.4 is 5.32 Å². The number of nitrogens with one attached hydrogen (secondary N) is 1. The fourth-order valence-electron chi connectivity index (χ4n) is 2.32. The number of carbonyl (C=O) groups excluding carboxylic acids is 1. The van der Waals surface area contributed by atoms with E-state index in [1.165, 1.54) is 6.42 Å². The highest BCUT2D eigenvalue weighted by Gasteiger charge is 2.34. The largest absolute Gasteiger partial charge is 0.338 e. The van der Waals surface area contributed by atoms with Crippen LogP contribution in [0.15, 0.2) is 0 Å². The minimum atomic E-state index is -0.590. The molecule has 1 amide bonds. The van der Waals surface area contributed by atoms with Crippen molar-refractivity contribution >= 4 is 5.91 Å². The Morgan fingerprint density at radius 3 is 2.33 bits per heavy atom. The van der Waals surface area contributed by atoms with Gasteiger partial charge in [-0.25, -0.2) is 0 Å². The summed E-state index contributed by atoms with van der Waals surface area (Å²) in [5, 5.41) is 12.3. The van der Waals surface area contributed by atoms with Gasteiger partial charge >= 0.3 is 0 Å². The monoisotopic (exact) mass is 250 g/mol. The summed E-state index contributed by atoms with van der Waals surface area (Å²) in [6.45, 7) is 8.53. The zero-order valence-electron chi connectivity index (χ0n) is 12.2. The van der Waals surface area contributed by atoms with Crippen molar-refractivity contribution in [1.82, 2.24) is 5.32 Å². The Kier molecular flexibility index (Phi) is 4.78. The van der Waals surface area contributed by atoms with Crippen LogP contribution in [0.2, 0.25) is 0 Å². The normalized spacial score (nSPS) is 20.8. The van der Waals surface area contributed by atoms with Crippen molar-refractivity contribution in [2.75, 3.05) is 0 Å². The molecule has 1 N–H and O–H groups in total. The van der Waals surface area contributed by atoms with Crippen molar-refractivity contribution < 1.29 is 4.79 Å². The summed E-state index contributed by atoms with van der Waals surface area (Å²) in [6.07, 6.45) is 5.38. The molecule has 0 heterocycles. The molecular formula is C15H26N2O. The lowest BCUT2D eigenvalue weighted by atomic mass is 9.79. The van der Waals surface area contributed by atoms with Crippen LogP contribution in [0, 0.1) is 22.7 Å². The smallest absolute Gasteiger partial charge is 0.221 e. The van der Waals surface area contributed by atoms with Gasteiger partial charge in [0, 0.05) is 6.42 Å². The van der Waals surface area contributed by atoms with Crippen molar-refractivity contribution in [2.24, 2.45) is 11.3 Å². The summed E-state index contributed by atoms with van der Waals surface area (Å²) >= 11 is 0. The Bertz CT molecular complexity index is 329. The average Bonchev–Trinajstić information content (AvgIpc) is 2.28. The highest BCUT2D eigenvalue weighted by molar-refractivity contribution is 5.77. The fourth-order valence-corrected chi connectivity index (χ4v) is 2.32. The number of amides is 1. The lowest BCUT2D eigenvalue weighted by Crippen LogP contribution is -2.49. The second kappa shape index (κ2) is 5.73. The van der Waals surface area contributed by atoms with Crippen molar-refractivity contribution in [3.63, 3.8) is 0 Å². The quantitative estimate of drug-likeness (QED) is 0.834. The molecule has 0 aromatic carbocycles. The van der Waals surface area contributed by atoms with E-state index in [4.69, 9.17) is 0 Å². The van der Waals surface area contributed by atoms with E-state index in [1.54, 1.807) is 0 Å². The van der Waals surface area contributed by atoms with Gasteiger partial charge in [0.1, 0.15) is 5.54 Å². The predicted molar refractivity (Wildman–Crippen MR) is 72.8 cm³/mol. The van der Waals surface area contributed by atoms with Gasteiger partial charge in [0.2, 0.25) is 5.91 Å². The molecule has 0 aromatic heterocycles. The van der Waals surface area contributed by atoms with Gasteiger partial charge in [0.15, 0.2) is 0 Å². The highest BCUT2D eigenvalue weighted by Crippen LogP contribution is 2.30. The van der Waals surface area contributed by atoms with Gasteiger partial charge in [-0.15, -0.1) is 0 Å². The molecule has 18 heavy (non-hydrogen) atoms. The van der Waals surface area contributed by atoms with E-state index in [2.05, 4.69) is 39.1 Å². The molecular weight excluding hydrogens is 224 g/mol. The van der Waals surface area contributed by atoms with Gasteiger partial charge in [-0.1, -0.05) is 47.0 Å². The standard InChI is InChI=1S/C15H26N2O/c1-12(14(2,3)4)10-13(18)17-15(11-16)8-6-5-7-9-15/h12H,5-10H2,1-4H3,(H,17,18). The molecule has 102 valence electrons. The number of rotatable bonds is 3. The van der Waals surface area contributed by atoms with E-state index >= 15 is 0 Å². The van der Waals surface area contributed by atoms with Crippen molar-refractivity contribution in [2.45, 2.75) is 71.8 Å². The molecule has 1 saturated carbocycles. The first-order valence-corrected chi connectivity index (χ1v) is 7.01. The summed E-state index contributed by atoms with van der Waals surface area (Å²) in [4.78, 5) is 12.1. The Morgan fingerprint density at radius 1 is 1.33 bits per heavy atom. The van der Waals surface area contributed by atoms with E-state index in [0.717, 1.165) is 25.7 Å². The number of nitriles is 1. The topological polar surface area (TPSA) is 52.9 Å². The van der Waals surface area contributed by atoms with E-state index in [1.807, 2.05) is 0 Å². The maximum atomic E-state index is 12.1. The van der Waals surface area contributed by atoms with Crippen LogP contribution >= 0.6 is 0 Å². The molecule has 0 aromatic rings. The number of hydrogen-bond donors (Lipinski definition) is 1. The minimum Gasteiger partial charge on any atom is -0.338 e. The van der Waals surface area contributed by atoms with Crippen LogP contribution in [0.25, 0.3) is 0 Å². The van der Waals surface area contributed by atoms with E-state index in [9.17, 15) is 10.1 Å². The lowest BCUT2D eigenvalue weighted by Gasteiger charge is -2.33. The molecule has 1 unspecified atom stereocenters. The second-order valence-electron chi connectivity index (χ2n) is 6.77. The molecule has 0 aliphatic heterocycles. The van der Waals surface area contributed by atoms with Crippen LogP contribution in [0.3, 0.4) is 0 Å². The Balaban J connectivity index is 2.56. The van der Waals surface area contributed by atoms with E-state index in [0.29, 0.717) is 12.3 Å². The first-order valence-electron chi connectivity index (χ1n) is 7.01. The fraction of sp³-hybridized carbons (Fsp3) is 0.867. The molecule has 1 aliphatic carbocycles. The Labute approximate surface area is 111 Å². The first-order chi connectivity index (χ1) is 8.29. The highest BCUT2D eigenvalue weighted by atomic mass is 16.1. The summed E-state index contributed by atoms with van der Waals surface area (Å²) in [5.41, 5.74) is -0.462. The Hall–Kier alpha value is -1.04. The van der Waals surface area contributed by atoms with Crippen molar-refractivity contribution in [1.29, 1.82) is 5.26 Å². The van der Waals surface area contributed by atoms with Gasteiger partial charge in [-0.3, -0.25) is 4.79 Å². The molecule has 1 atom stereocenters. The maximum absolute atomic E-state index is 12.1. The summed E-state index contributed by atoms with van der Waals surface area (Å²) in [5.74, 6) is 0.345.